The highest BCUT2D eigenvalue weighted by Crippen LogP contribution is 2.34. The maximum Gasteiger partial charge on any atom is 0.239 e. The third kappa shape index (κ3) is 5.63. The first-order valence-electron chi connectivity index (χ1n) is 11.9. The highest BCUT2D eigenvalue weighted by molar-refractivity contribution is 5.82. The molecule has 29 heavy (non-hydrogen) atoms. The van der Waals surface area contributed by atoms with E-state index in [0.717, 1.165) is 83.1 Å². The fourth-order valence-electron chi connectivity index (χ4n) is 4.82. The van der Waals surface area contributed by atoms with E-state index >= 15 is 0 Å². The molecule has 0 radical (unpaired) electrons. The van der Waals surface area contributed by atoms with Crippen LogP contribution in [0.4, 0.5) is 0 Å². The average Bonchev–Trinajstić information content (AvgIpc) is 3.68. The number of carbonyl (C=O) groups is 1. The van der Waals surface area contributed by atoms with Gasteiger partial charge in [0, 0.05) is 72.0 Å². The van der Waals surface area contributed by atoms with Crippen LogP contribution in [0, 0.1) is 5.92 Å². The Kier molecular flexibility index (Phi) is 6.96. The zero-order valence-electron chi connectivity index (χ0n) is 18.5. The van der Waals surface area contributed by atoms with Crippen LogP contribution in [-0.2, 0) is 4.79 Å². The van der Waals surface area contributed by atoms with Gasteiger partial charge in [0.2, 0.25) is 5.91 Å². The predicted molar refractivity (Wildman–Crippen MR) is 117 cm³/mol. The number of likely N-dealkylation sites (tertiary alicyclic amines) is 1. The number of aliphatic imine (C=N–C) groups is 1. The molecule has 1 atom stereocenters. The summed E-state index contributed by atoms with van der Waals surface area (Å²) in [6, 6.07) is 0.845. The first kappa shape index (κ1) is 20.9. The maximum absolute atomic E-state index is 12.7. The molecule has 2 saturated carbocycles. The third-order valence-corrected chi connectivity index (χ3v) is 7.08. The van der Waals surface area contributed by atoms with E-state index < -0.39 is 0 Å². The second-order valence-electron chi connectivity index (χ2n) is 9.37. The number of carbonyl (C=O) groups excluding carboxylic acids is 1. The molecular formula is C22H40N6O. The van der Waals surface area contributed by atoms with E-state index in [-0.39, 0.29) is 6.04 Å². The zero-order valence-corrected chi connectivity index (χ0v) is 18.5. The molecule has 1 N–H and O–H groups in total. The molecule has 4 rings (SSSR count). The molecule has 4 fully saturated rings. The summed E-state index contributed by atoms with van der Waals surface area (Å²) in [5.74, 6) is 2.30. The van der Waals surface area contributed by atoms with Crippen molar-refractivity contribution < 1.29 is 4.79 Å². The molecule has 2 aliphatic carbocycles. The largest absolute Gasteiger partial charge is 0.355 e. The number of nitrogens with one attached hydrogen (secondary N) is 1. The molecule has 7 nitrogen and oxygen atoms in total. The normalized spacial score (nSPS) is 25.0. The number of rotatable bonds is 8. The lowest BCUT2D eigenvalue weighted by Crippen LogP contribution is -2.57. The van der Waals surface area contributed by atoms with Crippen molar-refractivity contribution in [1.29, 1.82) is 0 Å². The monoisotopic (exact) mass is 404 g/mol. The van der Waals surface area contributed by atoms with Crippen molar-refractivity contribution in [2.75, 3.05) is 66.0 Å². The van der Waals surface area contributed by atoms with Gasteiger partial charge in [0.05, 0.1) is 6.04 Å². The van der Waals surface area contributed by atoms with Crippen LogP contribution < -0.4 is 5.32 Å². The Hall–Kier alpha value is -1.34. The van der Waals surface area contributed by atoms with Crippen molar-refractivity contribution in [1.82, 2.24) is 24.9 Å². The van der Waals surface area contributed by atoms with Crippen LogP contribution in [0.1, 0.15) is 45.4 Å². The maximum atomic E-state index is 12.7. The summed E-state index contributed by atoms with van der Waals surface area (Å²) in [6.45, 7) is 11.1. The summed E-state index contributed by atoms with van der Waals surface area (Å²) in [6.07, 6.45) is 7.96. The molecule has 164 valence electrons. The Morgan fingerprint density at radius 1 is 1.03 bits per heavy atom. The highest BCUT2D eigenvalue weighted by atomic mass is 16.2. The van der Waals surface area contributed by atoms with Crippen molar-refractivity contribution in [2.45, 2.75) is 57.5 Å². The molecule has 2 aliphatic heterocycles. The molecule has 0 aromatic carbocycles. The summed E-state index contributed by atoms with van der Waals surface area (Å²) in [4.78, 5) is 26.7. The second-order valence-corrected chi connectivity index (χ2v) is 9.37. The average molecular weight is 405 g/mol. The fraction of sp³-hybridized carbons (Fsp3) is 0.909. The molecule has 2 heterocycles. The molecule has 0 aromatic heterocycles. The van der Waals surface area contributed by atoms with Crippen molar-refractivity contribution in [3.63, 3.8) is 0 Å². The number of hydrogen-bond acceptors (Lipinski definition) is 4. The topological polar surface area (TPSA) is 54.4 Å². The number of piperazine rings is 1. The van der Waals surface area contributed by atoms with Gasteiger partial charge in [-0.1, -0.05) is 0 Å². The van der Waals surface area contributed by atoms with Crippen LogP contribution >= 0.6 is 0 Å². The van der Waals surface area contributed by atoms with E-state index in [1.165, 1.54) is 32.2 Å². The van der Waals surface area contributed by atoms with Crippen LogP contribution in [0.2, 0.25) is 0 Å². The number of guanidine groups is 1. The number of nitrogens with zero attached hydrogens (tertiary/aromatic N) is 5. The Morgan fingerprint density at radius 3 is 2.31 bits per heavy atom. The van der Waals surface area contributed by atoms with Crippen LogP contribution in [0.25, 0.3) is 0 Å². The van der Waals surface area contributed by atoms with E-state index in [4.69, 9.17) is 0 Å². The Bertz CT molecular complexity index is 574. The van der Waals surface area contributed by atoms with E-state index in [1.807, 2.05) is 11.9 Å². The van der Waals surface area contributed by atoms with Crippen LogP contribution in [-0.4, -0.2) is 110 Å². The minimum atomic E-state index is -0.000233. The molecule has 2 saturated heterocycles. The van der Waals surface area contributed by atoms with Crippen molar-refractivity contribution in [3.05, 3.63) is 0 Å². The Labute approximate surface area is 176 Å². The predicted octanol–water partition coefficient (Wildman–Crippen LogP) is 1.06. The number of hydrogen-bond donors (Lipinski definition) is 1. The van der Waals surface area contributed by atoms with Crippen molar-refractivity contribution >= 4 is 11.9 Å². The highest BCUT2D eigenvalue weighted by Gasteiger charge is 2.33. The second kappa shape index (κ2) is 9.65. The first-order chi connectivity index (χ1) is 14.2. The van der Waals surface area contributed by atoms with Gasteiger partial charge in [-0.25, -0.2) is 0 Å². The van der Waals surface area contributed by atoms with Crippen LogP contribution in [0.15, 0.2) is 4.99 Å². The molecule has 0 aromatic rings. The van der Waals surface area contributed by atoms with Gasteiger partial charge in [-0.3, -0.25) is 19.6 Å². The number of amides is 1. The molecule has 0 bridgehead atoms. The molecule has 0 spiro atoms. The summed E-state index contributed by atoms with van der Waals surface area (Å²) in [7, 11) is 1.89. The van der Waals surface area contributed by atoms with E-state index in [0.29, 0.717) is 5.91 Å². The van der Waals surface area contributed by atoms with E-state index in [2.05, 4.69) is 31.9 Å². The lowest BCUT2D eigenvalue weighted by atomic mass is 10.2. The lowest BCUT2D eigenvalue weighted by Gasteiger charge is -2.39. The Balaban J connectivity index is 1.19. The van der Waals surface area contributed by atoms with Gasteiger partial charge >= 0.3 is 0 Å². The molecule has 1 amide bonds. The quantitative estimate of drug-likeness (QED) is 0.484. The lowest BCUT2D eigenvalue weighted by molar-refractivity contribution is -0.135. The standard InChI is InChI=1S/C22H40N6O/c1-18(21(29)26-10-3-4-11-26)25-13-15-27(16-14-25)22(23-2)24-9-12-28(20-7-8-20)17-19-5-6-19/h18-20H,3-17H2,1-2H3,(H,23,24). The van der Waals surface area contributed by atoms with Gasteiger partial charge < -0.3 is 15.1 Å². The fourth-order valence-corrected chi connectivity index (χ4v) is 4.82. The van der Waals surface area contributed by atoms with Crippen molar-refractivity contribution in [2.24, 2.45) is 10.9 Å². The van der Waals surface area contributed by atoms with Crippen LogP contribution in [0.5, 0.6) is 0 Å². The summed E-state index contributed by atoms with van der Waals surface area (Å²) >= 11 is 0. The molecule has 4 aliphatic rings. The van der Waals surface area contributed by atoms with Gasteiger partial charge in [-0.05, 0) is 51.4 Å². The van der Waals surface area contributed by atoms with Crippen LogP contribution in [0.3, 0.4) is 0 Å². The van der Waals surface area contributed by atoms with Gasteiger partial charge in [0.25, 0.3) is 0 Å². The summed E-state index contributed by atoms with van der Waals surface area (Å²) < 4.78 is 0. The Morgan fingerprint density at radius 2 is 1.72 bits per heavy atom. The first-order valence-corrected chi connectivity index (χ1v) is 11.9. The minimum Gasteiger partial charge on any atom is -0.355 e. The molecule has 1 unspecified atom stereocenters. The van der Waals surface area contributed by atoms with Gasteiger partial charge in [-0.15, -0.1) is 0 Å². The van der Waals surface area contributed by atoms with E-state index in [1.54, 1.807) is 0 Å². The zero-order chi connectivity index (χ0) is 20.2. The van der Waals surface area contributed by atoms with Gasteiger partial charge in [-0.2, -0.15) is 0 Å². The van der Waals surface area contributed by atoms with Gasteiger partial charge in [0.15, 0.2) is 5.96 Å². The minimum absolute atomic E-state index is 0.000233. The summed E-state index contributed by atoms with van der Waals surface area (Å²) in [5.41, 5.74) is 0. The third-order valence-electron chi connectivity index (χ3n) is 7.08. The molecular weight excluding hydrogens is 364 g/mol. The smallest absolute Gasteiger partial charge is 0.239 e. The van der Waals surface area contributed by atoms with Gasteiger partial charge in [0.1, 0.15) is 0 Å². The van der Waals surface area contributed by atoms with Crippen molar-refractivity contribution in [3.8, 4) is 0 Å². The van der Waals surface area contributed by atoms with E-state index in [9.17, 15) is 4.79 Å². The molecule has 7 heteroatoms. The SMILES string of the molecule is CN=C(NCCN(CC1CC1)C1CC1)N1CCN(C(C)C(=O)N2CCCC2)CC1. The summed E-state index contributed by atoms with van der Waals surface area (Å²) in [5, 5.41) is 3.60.